The quantitative estimate of drug-likeness (QED) is 0.0600. The number of carbonyl (C=O) groups is 10. The van der Waals surface area contributed by atoms with E-state index in [9.17, 15) is 32.7 Å². The number of aromatic nitrogens is 7. The number of amides is 8. The summed E-state index contributed by atoms with van der Waals surface area (Å²) in [6, 6.07) is 30.9. The summed E-state index contributed by atoms with van der Waals surface area (Å²) < 4.78 is 45.4. The molecule has 0 spiro atoms. The van der Waals surface area contributed by atoms with Gasteiger partial charge < -0.3 is 61.6 Å². The van der Waals surface area contributed by atoms with Crippen molar-refractivity contribution < 1.29 is 70.9 Å². The molecule has 6 aromatic carbocycles. The number of benzene rings is 6. The number of Topliss-reactive ketones (excluding diaryl/α,β-unsaturated/α-hetero) is 1. The molecule has 9 N–H and O–H groups in total. The summed E-state index contributed by atoms with van der Waals surface area (Å²) in [4.78, 5) is 154. The Labute approximate surface area is 689 Å². The molecule has 0 unspecified atom stereocenters. The van der Waals surface area contributed by atoms with Crippen molar-refractivity contribution in [3.8, 4) is 11.5 Å². The maximum absolute atomic E-state index is 15.6. The Morgan fingerprint density at radius 2 is 0.992 bits per heavy atom. The van der Waals surface area contributed by atoms with Crippen LogP contribution in [0.2, 0.25) is 0 Å². The van der Waals surface area contributed by atoms with Gasteiger partial charge in [0.15, 0.2) is 10.8 Å². The van der Waals surface area contributed by atoms with E-state index in [0.29, 0.717) is 45.1 Å². The van der Waals surface area contributed by atoms with Gasteiger partial charge in [-0.15, -0.1) is 10.2 Å². The number of nitrogens with zero attached hydrogens (tertiary/aromatic N) is 9. The predicted octanol–water partition coefficient (Wildman–Crippen LogP) is 5.19. The van der Waals surface area contributed by atoms with Crippen LogP contribution in [0.25, 0.3) is 21.5 Å². The Morgan fingerprint density at radius 1 is 0.546 bits per heavy atom. The average molecular weight is 1640 g/mol. The van der Waals surface area contributed by atoms with Crippen LogP contribution >= 0.6 is 0 Å². The number of sulfonamides is 1. The third kappa shape index (κ3) is 21.3. The number of fused-ring (bicyclic) bond motifs is 2. The zero-order valence-corrected chi connectivity index (χ0v) is 68.8. The Balaban J connectivity index is 0.900. The van der Waals surface area contributed by atoms with Crippen LogP contribution in [0.5, 0.6) is 11.5 Å². The number of pyridine rings is 1. The molecule has 6 aliphatic heterocycles. The molecule has 12 atom stereocenters. The SMILES string of the molecule is CN[C@@H](C)C(=O)N[C@H](C(=O)N1C[C@@H]2C[C@H]1C(=O)N[C@@H](Cc1ccc3ccccc3c1)C(=O)C[C@H](C(=O)O)Cc1ccc(cc1)OCc1cn(nn1)[C@H]1C[C@@H](C(=O)N[C@@H](Cc3ccc4ccccc4c3)C(=O)N[C@H](C(=O)NS(=O)(=O)c3ccccn3)Cc3ccc(cc3)OCc3cn2nn3)N(C(=O)[C@@H](NC(=O)[C@H](C)NC)C(C)(C)C)C1)C(C)(C)C. The van der Waals surface area contributed by atoms with Gasteiger partial charge >= 0.3 is 5.97 Å². The number of ether oxygens (including phenoxy) is 2. The molecule has 12 bridgehead atoms. The standard InChI is InChI=1S/C86H101N17O15S/c1-50(87-9)76(105)93-74(85(3,4)5)82(111)100-46-63-42-70(100)80(109)90-67(39-54-22-28-56-17-11-13-19-58(56)36-54)72(104)41-60(84(113)114)35-52-24-30-65(31-25-52)117-48-61-45-103(99-95-61)64-43-71(101(47-64)83(112)75(86(6,7)8)94-77(106)51(2)88-10)81(110)92-68(40-55-23-29-57-18-12-14-20-59(57)37-55)78(107)91-69(79(108)97-119(115,116)73-21-15-16-34-89-73)38-53-26-32-66(33-27-53)118-49-62-44-102(63)98-96-62/h11-34,36-37,44-45,50-51,60,63-64,67-71,74-75,87-88H,35,38-43,46-49H2,1-10H3,(H,90,109)(H,91,107)(H,92,110)(H,93,105)(H,94,106)(H,97,108)(H,113,114)/t50-,51-,60+,63-,64-,67-,68-,69-,70-,71-,74+,75+/m0/s1. The minimum absolute atomic E-state index is 0.0521. The van der Waals surface area contributed by atoms with Gasteiger partial charge in [0.05, 0.1) is 48.5 Å². The lowest BCUT2D eigenvalue weighted by Crippen LogP contribution is -2.61. The Bertz CT molecular complexity index is 5340. The number of nitrogens with one attached hydrogen (secondary N) is 8. The van der Waals surface area contributed by atoms with Crippen molar-refractivity contribution in [3.05, 3.63) is 204 Å². The molecule has 32 nitrogen and oxygen atoms in total. The summed E-state index contributed by atoms with van der Waals surface area (Å²) in [5.41, 5.74) is 0.971. The fraction of sp³-hybridized carbons (Fsp3) is 0.407. The monoisotopic (exact) mass is 1640 g/mol. The largest absolute Gasteiger partial charge is 0.487 e. The average Bonchev–Trinajstić information content (AvgIpc) is 1.64. The van der Waals surface area contributed by atoms with Crippen molar-refractivity contribution in [1.82, 2.24) is 86.7 Å². The number of ketones is 1. The first kappa shape index (κ1) is 86.0. The van der Waals surface area contributed by atoms with E-state index < -0.39 is 164 Å². The second-order valence-corrected chi connectivity index (χ2v) is 34.5. The Hall–Kier alpha value is -12.4. The number of hydrogen-bond acceptors (Lipinski definition) is 21. The molecule has 8 amide bonds. The fourth-order valence-corrected chi connectivity index (χ4v) is 15.9. The second kappa shape index (κ2) is 37.1. The molecule has 6 aliphatic rings. The number of aliphatic carboxylic acids is 1. The number of carbonyl (C=O) groups excluding carboxylic acids is 9. The lowest BCUT2D eigenvalue weighted by molar-refractivity contribution is -0.145. The van der Waals surface area contributed by atoms with Gasteiger partial charge in [0.25, 0.3) is 15.9 Å². The minimum Gasteiger partial charge on any atom is -0.487 e. The van der Waals surface area contributed by atoms with Crippen molar-refractivity contribution >= 4 is 90.6 Å². The lowest BCUT2D eigenvalue weighted by Gasteiger charge is -2.36. The van der Waals surface area contributed by atoms with Crippen LogP contribution < -0.4 is 51.4 Å². The van der Waals surface area contributed by atoms with Crippen molar-refractivity contribution in [1.29, 1.82) is 0 Å². The lowest BCUT2D eigenvalue weighted by atomic mass is 9.85. The number of likely N-dealkylation sites (tertiary alicyclic amines) is 2. The van der Waals surface area contributed by atoms with Gasteiger partial charge in [-0.2, -0.15) is 8.42 Å². The van der Waals surface area contributed by atoms with Crippen molar-refractivity contribution in [2.75, 3.05) is 27.2 Å². The maximum Gasteiger partial charge on any atom is 0.307 e. The van der Waals surface area contributed by atoms with Gasteiger partial charge in [-0.25, -0.2) is 19.1 Å². The third-order valence-corrected chi connectivity index (χ3v) is 23.3. The van der Waals surface area contributed by atoms with Crippen molar-refractivity contribution in [2.45, 2.75) is 185 Å². The van der Waals surface area contributed by atoms with Gasteiger partial charge in [0.2, 0.25) is 41.4 Å². The van der Waals surface area contributed by atoms with E-state index in [4.69, 9.17) is 9.47 Å². The maximum atomic E-state index is 15.6. The summed E-state index contributed by atoms with van der Waals surface area (Å²) in [5.74, 6) is -8.25. The zero-order chi connectivity index (χ0) is 85.2. The van der Waals surface area contributed by atoms with Gasteiger partial charge in [-0.1, -0.05) is 167 Å². The fourth-order valence-electron chi connectivity index (χ4n) is 14.9. The van der Waals surface area contributed by atoms with E-state index >= 15 is 28.8 Å². The van der Waals surface area contributed by atoms with Gasteiger partial charge in [0, 0.05) is 51.4 Å². The van der Waals surface area contributed by atoms with E-state index in [1.165, 1.54) is 43.6 Å². The highest BCUT2D eigenvalue weighted by atomic mass is 32.2. The highest BCUT2D eigenvalue weighted by molar-refractivity contribution is 7.90. The predicted molar refractivity (Wildman–Crippen MR) is 439 cm³/mol. The highest BCUT2D eigenvalue weighted by Crippen LogP contribution is 2.35. The summed E-state index contributed by atoms with van der Waals surface area (Å²) in [7, 11) is -1.47. The highest BCUT2D eigenvalue weighted by Gasteiger charge is 2.49. The van der Waals surface area contributed by atoms with E-state index in [1.807, 2.05) is 78.9 Å². The summed E-state index contributed by atoms with van der Waals surface area (Å²) in [6.07, 6.45) is 3.09. The molecule has 0 aliphatic carbocycles. The molecule has 33 heteroatoms. The second-order valence-electron chi connectivity index (χ2n) is 32.9. The first-order valence-corrected chi connectivity index (χ1v) is 41.1. The van der Waals surface area contributed by atoms with Gasteiger partial charge in [-0.05, 0) is 132 Å². The molecule has 2 fully saturated rings. The number of rotatable bonds is 16. The van der Waals surface area contributed by atoms with E-state index in [-0.39, 0.29) is 64.8 Å². The molecule has 119 heavy (non-hydrogen) atoms. The molecule has 0 saturated carbocycles. The zero-order valence-electron chi connectivity index (χ0n) is 68.0. The van der Waals surface area contributed by atoms with Crippen LogP contribution in [-0.4, -0.2) is 199 Å². The first-order chi connectivity index (χ1) is 56.7. The molecule has 2 saturated heterocycles. The molecule has 0 radical (unpaired) electrons. The van der Waals surface area contributed by atoms with Gasteiger partial charge in [-0.3, -0.25) is 47.9 Å². The summed E-state index contributed by atoms with van der Waals surface area (Å²) in [5, 5.41) is 51.8. The molecular weight excluding hydrogens is 1540 g/mol. The third-order valence-electron chi connectivity index (χ3n) is 22.0. The Kier molecular flexibility index (Phi) is 26.8. The molecule has 15 rings (SSSR count). The molecule has 9 heterocycles. The van der Waals surface area contributed by atoms with E-state index in [0.717, 1.165) is 21.5 Å². The number of likely N-dealkylation sites (N-methyl/N-ethyl adjacent to an activating group) is 2. The molecular formula is C86H101N17O15S. The first-order valence-electron chi connectivity index (χ1n) is 39.6. The normalized spacial score (nSPS) is 21.1. The Morgan fingerprint density at radius 3 is 1.44 bits per heavy atom. The van der Waals surface area contributed by atoms with E-state index in [1.54, 1.807) is 136 Å². The summed E-state index contributed by atoms with van der Waals surface area (Å²) >= 11 is 0. The van der Waals surface area contributed by atoms with Crippen LogP contribution in [0, 0.1) is 16.7 Å². The van der Waals surface area contributed by atoms with Gasteiger partial charge in [0.1, 0.15) is 72.4 Å². The van der Waals surface area contributed by atoms with E-state index in [2.05, 4.69) is 67.5 Å². The number of hydrogen-bond donors (Lipinski definition) is 9. The topological polar surface area (TPSA) is 421 Å². The molecule has 626 valence electrons. The van der Waals surface area contributed by atoms with Crippen LogP contribution in [0.4, 0.5) is 0 Å². The number of carboxylic acid groups (broad SMARTS) is 1. The molecule has 3 aromatic heterocycles. The van der Waals surface area contributed by atoms with Crippen molar-refractivity contribution in [2.24, 2.45) is 16.7 Å². The van der Waals surface area contributed by atoms with Crippen LogP contribution in [-0.2, 0) is 96.9 Å². The van der Waals surface area contributed by atoms with Crippen LogP contribution in [0.3, 0.4) is 0 Å². The number of carboxylic acids is 1. The minimum atomic E-state index is -4.67. The van der Waals surface area contributed by atoms with Crippen LogP contribution in [0.1, 0.15) is 120 Å². The van der Waals surface area contributed by atoms with Crippen LogP contribution in [0.15, 0.2) is 175 Å². The van der Waals surface area contributed by atoms with Crippen molar-refractivity contribution in [3.63, 3.8) is 0 Å². The molecule has 9 aromatic rings. The summed E-state index contributed by atoms with van der Waals surface area (Å²) in [6.45, 7) is 13.4. The smallest absolute Gasteiger partial charge is 0.307 e.